The Hall–Kier alpha value is -1.22. The van der Waals surface area contributed by atoms with E-state index in [4.69, 9.17) is 0 Å². The second kappa shape index (κ2) is 3.74. The van der Waals surface area contributed by atoms with Crippen molar-refractivity contribution in [2.75, 3.05) is 13.6 Å². The maximum atomic E-state index is 9.67. The summed E-state index contributed by atoms with van der Waals surface area (Å²) >= 11 is 0. The molecule has 0 saturated carbocycles. The average molecular weight is 207 g/mol. The first-order valence-corrected chi connectivity index (χ1v) is 5.33. The summed E-state index contributed by atoms with van der Waals surface area (Å²) in [7, 11) is 2.10. The van der Waals surface area contributed by atoms with Crippen LogP contribution in [-0.2, 0) is 0 Å². The van der Waals surface area contributed by atoms with E-state index in [1.807, 2.05) is 13.0 Å². The predicted octanol–water partition coefficient (Wildman–Crippen LogP) is 2.17. The fourth-order valence-electron chi connectivity index (χ4n) is 2.37. The Morgan fingerprint density at radius 3 is 2.67 bits per heavy atom. The molecule has 1 aromatic rings. The van der Waals surface area contributed by atoms with E-state index in [1.165, 1.54) is 6.42 Å². The molecular formula is C12H17NO2. The van der Waals surface area contributed by atoms with Crippen LogP contribution in [-0.4, -0.2) is 28.7 Å². The Bertz CT molecular complexity index is 376. The van der Waals surface area contributed by atoms with E-state index in [-0.39, 0.29) is 11.5 Å². The molecule has 1 heterocycles. The van der Waals surface area contributed by atoms with Gasteiger partial charge in [-0.2, -0.15) is 0 Å². The number of phenols is 2. The normalized spacial score (nSPS) is 22.1. The van der Waals surface area contributed by atoms with E-state index in [2.05, 4.69) is 11.9 Å². The van der Waals surface area contributed by atoms with Crippen LogP contribution in [0.3, 0.4) is 0 Å². The lowest BCUT2D eigenvalue weighted by Crippen LogP contribution is -2.18. The summed E-state index contributed by atoms with van der Waals surface area (Å²) < 4.78 is 0. The minimum Gasteiger partial charge on any atom is -0.504 e. The Kier molecular flexibility index (Phi) is 2.57. The number of likely N-dealkylation sites (tertiary alicyclic amines) is 1. The Morgan fingerprint density at radius 2 is 2.07 bits per heavy atom. The Labute approximate surface area is 90.0 Å². The van der Waals surface area contributed by atoms with Gasteiger partial charge in [-0.25, -0.2) is 0 Å². The Balaban J connectivity index is 2.40. The minimum absolute atomic E-state index is 0.0211. The number of hydrogen-bond acceptors (Lipinski definition) is 3. The fraction of sp³-hybridized carbons (Fsp3) is 0.500. The summed E-state index contributed by atoms with van der Waals surface area (Å²) in [6.07, 6.45) is 2.32. The van der Waals surface area contributed by atoms with Crippen molar-refractivity contribution in [3.05, 3.63) is 23.3 Å². The van der Waals surface area contributed by atoms with E-state index >= 15 is 0 Å². The van der Waals surface area contributed by atoms with Gasteiger partial charge in [-0.3, -0.25) is 4.90 Å². The van der Waals surface area contributed by atoms with E-state index in [9.17, 15) is 10.2 Å². The van der Waals surface area contributed by atoms with Crippen LogP contribution in [0.4, 0.5) is 0 Å². The lowest BCUT2D eigenvalue weighted by molar-refractivity contribution is 0.314. The van der Waals surface area contributed by atoms with E-state index in [1.54, 1.807) is 6.07 Å². The minimum atomic E-state index is -0.0306. The van der Waals surface area contributed by atoms with Crippen LogP contribution in [0, 0.1) is 6.92 Å². The molecule has 0 aromatic heterocycles. The molecule has 82 valence electrons. The van der Waals surface area contributed by atoms with Gasteiger partial charge in [-0.15, -0.1) is 0 Å². The third-order valence-corrected chi connectivity index (χ3v) is 3.33. The molecule has 0 bridgehead atoms. The number of benzene rings is 1. The van der Waals surface area contributed by atoms with Crippen LogP contribution < -0.4 is 0 Å². The van der Waals surface area contributed by atoms with Gasteiger partial charge in [-0.05, 0) is 50.6 Å². The van der Waals surface area contributed by atoms with Gasteiger partial charge in [0.15, 0.2) is 11.5 Å². The van der Waals surface area contributed by atoms with Crippen LogP contribution in [0.2, 0.25) is 0 Å². The van der Waals surface area contributed by atoms with Gasteiger partial charge in [0, 0.05) is 6.04 Å². The van der Waals surface area contributed by atoms with E-state index < -0.39 is 0 Å². The second-order valence-corrected chi connectivity index (χ2v) is 4.29. The first kappa shape index (κ1) is 10.3. The summed E-state index contributed by atoms with van der Waals surface area (Å²) in [6.45, 7) is 2.96. The van der Waals surface area contributed by atoms with Gasteiger partial charge in [-0.1, -0.05) is 6.07 Å². The zero-order chi connectivity index (χ0) is 11.0. The quantitative estimate of drug-likeness (QED) is 0.694. The summed E-state index contributed by atoms with van der Waals surface area (Å²) in [5.74, 6) is -0.00954. The van der Waals surface area contributed by atoms with Crippen LogP contribution in [0.25, 0.3) is 0 Å². The highest BCUT2D eigenvalue weighted by Crippen LogP contribution is 2.38. The molecule has 1 aliphatic heterocycles. The highest BCUT2D eigenvalue weighted by atomic mass is 16.3. The number of phenolic OH excluding ortho intramolecular Hbond substituents is 2. The average Bonchev–Trinajstić information content (AvgIpc) is 2.62. The molecule has 1 aliphatic rings. The number of nitrogens with zero attached hydrogens (tertiary/aromatic N) is 1. The van der Waals surface area contributed by atoms with Gasteiger partial charge in [0.05, 0.1) is 0 Å². The van der Waals surface area contributed by atoms with Gasteiger partial charge >= 0.3 is 0 Å². The van der Waals surface area contributed by atoms with Gasteiger partial charge in [0.1, 0.15) is 0 Å². The molecule has 0 radical (unpaired) electrons. The zero-order valence-electron chi connectivity index (χ0n) is 9.20. The van der Waals surface area contributed by atoms with Crippen LogP contribution in [0.5, 0.6) is 11.5 Å². The fourth-order valence-corrected chi connectivity index (χ4v) is 2.37. The smallest absolute Gasteiger partial charge is 0.160 e. The molecular weight excluding hydrogens is 190 g/mol. The van der Waals surface area contributed by atoms with Crippen LogP contribution >= 0.6 is 0 Å². The SMILES string of the molecule is Cc1c(C2CCCN2C)ccc(O)c1O. The van der Waals surface area contributed by atoms with Crippen molar-refractivity contribution in [1.29, 1.82) is 0 Å². The van der Waals surface area contributed by atoms with Crippen molar-refractivity contribution < 1.29 is 10.2 Å². The molecule has 1 fully saturated rings. The first-order valence-electron chi connectivity index (χ1n) is 5.33. The molecule has 3 nitrogen and oxygen atoms in total. The zero-order valence-corrected chi connectivity index (χ0v) is 9.20. The maximum Gasteiger partial charge on any atom is 0.160 e. The first-order chi connectivity index (χ1) is 7.11. The molecule has 2 rings (SSSR count). The summed E-state index contributed by atoms with van der Waals surface area (Å²) in [5.41, 5.74) is 1.93. The number of aromatic hydroxyl groups is 2. The van der Waals surface area contributed by atoms with Crippen molar-refractivity contribution in [2.45, 2.75) is 25.8 Å². The third kappa shape index (κ3) is 1.67. The van der Waals surface area contributed by atoms with Crippen LogP contribution in [0.1, 0.15) is 30.0 Å². The molecule has 0 amide bonds. The summed E-state index contributed by atoms with van der Waals surface area (Å²) in [5, 5.41) is 19.0. The van der Waals surface area contributed by atoms with Crippen molar-refractivity contribution in [3.63, 3.8) is 0 Å². The highest BCUT2D eigenvalue weighted by molar-refractivity contribution is 5.49. The van der Waals surface area contributed by atoms with Crippen molar-refractivity contribution >= 4 is 0 Å². The largest absolute Gasteiger partial charge is 0.504 e. The summed E-state index contributed by atoms with van der Waals surface area (Å²) in [4.78, 5) is 2.29. The van der Waals surface area contributed by atoms with Crippen molar-refractivity contribution in [2.24, 2.45) is 0 Å². The lowest BCUT2D eigenvalue weighted by Gasteiger charge is -2.22. The van der Waals surface area contributed by atoms with E-state index in [0.29, 0.717) is 6.04 Å². The van der Waals surface area contributed by atoms with E-state index in [0.717, 1.165) is 24.1 Å². The van der Waals surface area contributed by atoms with Crippen LogP contribution in [0.15, 0.2) is 12.1 Å². The predicted molar refractivity (Wildman–Crippen MR) is 59.1 cm³/mol. The van der Waals surface area contributed by atoms with Gasteiger partial charge in [0.25, 0.3) is 0 Å². The molecule has 15 heavy (non-hydrogen) atoms. The molecule has 1 aromatic carbocycles. The number of hydrogen-bond donors (Lipinski definition) is 2. The summed E-state index contributed by atoms with van der Waals surface area (Å²) in [6, 6.07) is 3.87. The molecule has 2 N–H and O–H groups in total. The third-order valence-electron chi connectivity index (χ3n) is 3.33. The highest BCUT2D eigenvalue weighted by Gasteiger charge is 2.25. The lowest BCUT2D eigenvalue weighted by atomic mass is 9.98. The maximum absolute atomic E-state index is 9.67. The number of rotatable bonds is 1. The molecule has 1 saturated heterocycles. The second-order valence-electron chi connectivity index (χ2n) is 4.29. The Morgan fingerprint density at radius 1 is 1.33 bits per heavy atom. The van der Waals surface area contributed by atoms with Gasteiger partial charge in [0.2, 0.25) is 0 Å². The van der Waals surface area contributed by atoms with Gasteiger partial charge < -0.3 is 10.2 Å². The molecule has 1 unspecified atom stereocenters. The monoisotopic (exact) mass is 207 g/mol. The van der Waals surface area contributed by atoms with Crippen molar-refractivity contribution in [3.8, 4) is 11.5 Å². The standard InChI is InChI=1S/C12H17NO2/c1-8-9(5-6-11(14)12(8)15)10-4-3-7-13(10)2/h5-6,10,14-15H,3-4,7H2,1-2H3. The topological polar surface area (TPSA) is 43.7 Å². The van der Waals surface area contributed by atoms with Crippen molar-refractivity contribution in [1.82, 2.24) is 4.90 Å². The molecule has 1 atom stereocenters. The molecule has 0 spiro atoms. The molecule has 3 heteroatoms. The molecule has 0 aliphatic carbocycles.